The Bertz CT molecular complexity index is 676. The van der Waals surface area contributed by atoms with E-state index in [2.05, 4.69) is 41.1 Å². The third-order valence-corrected chi connectivity index (χ3v) is 5.26. The molecule has 1 amide bonds. The lowest BCUT2D eigenvalue weighted by atomic mass is 10.2. The second kappa shape index (κ2) is 7.88. The number of nitrogens with zero attached hydrogens (tertiary/aromatic N) is 3. The third-order valence-electron chi connectivity index (χ3n) is 4.32. The Morgan fingerprint density at radius 1 is 1.21 bits per heavy atom. The quantitative estimate of drug-likeness (QED) is 0.898. The summed E-state index contributed by atoms with van der Waals surface area (Å²) in [5.41, 5.74) is 3.17. The zero-order valence-electron chi connectivity index (χ0n) is 13.9. The molecular weight excluding hydrogens is 322 g/mol. The van der Waals surface area contributed by atoms with Crippen molar-refractivity contribution < 1.29 is 9.90 Å². The largest absolute Gasteiger partial charge is 0.395 e. The van der Waals surface area contributed by atoms with E-state index in [1.807, 2.05) is 10.3 Å². The van der Waals surface area contributed by atoms with Gasteiger partial charge in [0.2, 0.25) is 5.91 Å². The Morgan fingerprint density at radius 2 is 1.92 bits per heavy atom. The molecule has 1 fully saturated rings. The zero-order chi connectivity index (χ0) is 16.9. The summed E-state index contributed by atoms with van der Waals surface area (Å²) in [4.78, 5) is 21.1. The number of rotatable bonds is 5. The molecule has 3 rings (SSSR count). The molecule has 24 heavy (non-hydrogen) atoms. The number of hydrogen-bond donors (Lipinski definition) is 1. The van der Waals surface area contributed by atoms with Gasteiger partial charge in [0.25, 0.3) is 0 Å². The molecule has 1 aromatic carbocycles. The van der Waals surface area contributed by atoms with Crippen LogP contribution in [0, 0.1) is 6.92 Å². The first-order chi connectivity index (χ1) is 11.7. The number of aliphatic hydroxyl groups excluding tert-OH is 1. The molecule has 0 unspecified atom stereocenters. The highest BCUT2D eigenvalue weighted by Gasteiger charge is 2.21. The van der Waals surface area contributed by atoms with Crippen molar-refractivity contribution in [2.24, 2.45) is 0 Å². The van der Waals surface area contributed by atoms with Crippen LogP contribution in [-0.2, 0) is 11.2 Å². The van der Waals surface area contributed by atoms with Crippen molar-refractivity contribution in [2.75, 3.05) is 39.3 Å². The molecule has 6 heteroatoms. The number of aliphatic hydroxyl groups is 1. The summed E-state index contributed by atoms with van der Waals surface area (Å²) in [5, 5.41) is 11.9. The predicted molar refractivity (Wildman–Crippen MR) is 96.1 cm³/mol. The third kappa shape index (κ3) is 4.20. The topological polar surface area (TPSA) is 56.7 Å². The first kappa shape index (κ1) is 17.1. The normalized spacial score (nSPS) is 15.7. The summed E-state index contributed by atoms with van der Waals surface area (Å²) in [6.45, 7) is 6.05. The number of amides is 1. The highest BCUT2D eigenvalue weighted by Crippen LogP contribution is 2.24. The van der Waals surface area contributed by atoms with E-state index in [4.69, 9.17) is 5.11 Å². The number of carbonyl (C=O) groups excluding carboxylic acids is 1. The molecule has 0 spiro atoms. The van der Waals surface area contributed by atoms with E-state index in [9.17, 15) is 4.79 Å². The summed E-state index contributed by atoms with van der Waals surface area (Å²) < 4.78 is 0. The van der Waals surface area contributed by atoms with Crippen LogP contribution < -0.4 is 0 Å². The van der Waals surface area contributed by atoms with Gasteiger partial charge in [0, 0.05) is 43.7 Å². The smallest absolute Gasteiger partial charge is 0.228 e. The number of hydrogen-bond acceptors (Lipinski definition) is 5. The number of β-amino-alcohol motifs (C(OH)–C–C–N with tert-alkyl or cyclic N) is 1. The van der Waals surface area contributed by atoms with E-state index < -0.39 is 0 Å². The van der Waals surface area contributed by atoms with Crippen molar-refractivity contribution in [3.63, 3.8) is 0 Å². The summed E-state index contributed by atoms with van der Waals surface area (Å²) in [5.74, 6) is 0.138. The molecule has 1 N–H and O–H groups in total. The maximum Gasteiger partial charge on any atom is 0.228 e. The summed E-state index contributed by atoms with van der Waals surface area (Å²) in [6, 6.07) is 8.29. The average Bonchev–Trinajstić information content (AvgIpc) is 3.05. The predicted octanol–water partition coefficient (Wildman–Crippen LogP) is 1.80. The molecule has 5 nitrogen and oxygen atoms in total. The van der Waals surface area contributed by atoms with Crippen LogP contribution in [0.2, 0.25) is 0 Å². The van der Waals surface area contributed by atoms with Crippen molar-refractivity contribution in [2.45, 2.75) is 13.3 Å². The van der Waals surface area contributed by atoms with Crippen molar-refractivity contribution in [1.29, 1.82) is 0 Å². The molecule has 2 heterocycles. The van der Waals surface area contributed by atoms with Gasteiger partial charge < -0.3 is 10.0 Å². The molecule has 0 bridgehead atoms. The Hall–Kier alpha value is -1.76. The Morgan fingerprint density at radius 3 is 2.58 bits per heavy atom. The van der Waals surface area contributed by atoms with Gasteiger partial charge in [-0.1, -0.05) is 29.8 Å². The van der Waals surface area contributed by atoms with E-state index in [1.165, 1.54) is 5.56 Å². The lowest BCUT2D eigenvalue weighted by Gasteiger charge is -2.34. The molecule has 0 atom stereocenters. The second-order valence-corrected chi connectivity index (χ2v) is 6.99. The first-order valence-electron chi connectivity index (χ1n) is 8.28. The van der Waals surface area contributed by atoms with Gasteiger partial charge in [-0.3, -0.25) is 9.69 Å². The molecule has 0 radical (unpaired) electrons. The Kier molecular flexibility index (Phi) is 5.60. The molecule has 1 saturated heterocycles. The minimum Gasteiger partial charge on any atom is -0.395 e. The van der Waals surface area contributed by atoms with E-state index in [-0.39, 0.29) is 12.5 Å². The second-order valence-electron chi connectivity index (χ2n) is 6.13. The van der Waals surface area contributed by atoms with Gasteiger partial charge in [-0.15, -0.1) is 11.3 Å². The Labute approximate surface area is 146 Å². The van der Waals surface area contributed by atoms with Crippen LogP contribution in [0.25, 0.3) is 10.6 Å². The van der Waals surface area contributed by atoms with Crippen LogP contribution in [0.1, 0.15) is 11.3 Å². The fraction of sp³-hybridized carbons (Fsp3) is 0.444. The lowest BCUT2D eigenvalue weighted by Crippen LogP contribution is -2.49. The van der Waals surface area contributed by atoms with Crippen LogP contribution in [0.4, 0.5) is 0 Å². The fourth-order valence-electron chi connectivity index (χ4n) is 2.85. The maximum absolute atomic E-state index is 12.4. The molecule has 2 aromatic rings. The van der Waals surface area contributed by atoms with Crippen molar-refractivity contribution in [1.82, 2.24) is 14.8 Å². The zero-order valence-corrected chi connectivity index (χ0v) is 14.8. The van der Waals surface area contributed by atoms with Crippen molar-refractivity contribution >= 4 is 17.2 Å². The van der Waals surface area contributed by atoms with E-state index in [0.29, 0.717) is 13.0 Å². The van der Waals surface area contributed by atoms with Crippen molar-refractivity contribution in [3.05, 3.63) is 40.9 Å². The first-order valence-corrected chi connectivity index (χ1v) is 9.16. The highest BCUT2D eigenvalue weighted by atomic mass is 32.1. The fourth-order valence-corrected chi connectivity index (χ4v) is 3.67. The number of benzene rings is 1. The maximum atomic E-state index is 12.4. The van der Waals surface area contributed by atoms with E-state index >= 15 is 0 Å². The number of thiazole rings is 1. The lowest BCUT2D eigenvalue weighted by molar-refractivity contribution is -0.132. The molecular formula is C18H23N3O2S. The van der Waals surface area contributed by atoms with Gasteiger partial charge in [0.15, 0.2) is 0 Å². The minimum absolute atomic E-state index is 0.138. The SMILES string of the molecule is Cc1ccc(-c2nc(CC(=O)N3CCN(CCO)CC3)cs2)cc1. The number of aromatic nitrogens is 1. The number of piperazine rings is 1. The number of aryl methyl sites for hydroxylation is 1. The van der Waals surface area contributed by atoms with Crippen LogP contribution in [0.5, 0.6) is 0 Å². The van der Waals surface area contributed by atoms with Gasteiger partial charge in [0.05, 0.1) is 18.7 Å². The van der Waals surface area contributed by atoms with Crippen LogP contribution in [-0.4, -0.2) is 65.1 Å². The average molecular weight is 345 g/mol. The minimum atomic E-state index is 0.138. The summed E-state index contributed by atoms with van der Waals surface area (Å²) in [6.07, 6.45) is 0.363. The molecule has 1 aliphatic heterocycles. The van der Waals surface area contributed by atoms with Gasteiger partial charge in [-0.2, -0.15) is 0 Å². The van der Waals surface area contributed by atoms with Crippen LogP contribution in [0.15, 0.2) is 29.6 Å². The standard InChI is InChI=1S/C18H23N3O2S/c1-14-2-4-15(5-3-14)18-19-16(13-24-18)12-17(23)21-8-6-20(7-9-21)10-11-22/h2-5,13,22H,6-12H2,1H3. The molecule has 128 valence electrons. The van der Waals surface area contributed by atoms with Gasteiger partial charge in [-0.05, 0) is 6.92 Å². The van der Waals surface area contributed by atoms with E-state index in [0.717, 1.165) is 42.4 Å². The van der Waals surface area contributed by atoms with Crippen molar-refractivity contribution in [3.8, 4) is 10.6 Å². The van der Waals surface area contributed by atoms with Gasteiger partial charge in [0.1, 0.15) is 5.01 Å². The summed E-state index contributed by atoms with van der Waals surface area (Å²) >= 11 is 1.59. The number of carbonyl (C=O) groups is 1. The summed E-state index contributed by atoms with van der Waals surface area (Å²) in [7, 11) is 0. The monoisotopic (exact) mass is 345 g/mol. The Balaban J connectivity index is 1.57. The molecule has 1 aliphatic rings. The van der Waals surface area contributed by atoms with Crippen LogP contribution in [0.3, 0.4) is 0 Å². The molecule has 0 saturated carbocycles. The molecule has 0 aliphatic carbocycles. The highest BCUT2D eigenvalue weighted by molar-refractivity contribution is 7.13. The van der Waals surface area contributed by atoms with E-state index in [1.54, 1.807) is 11.3 Å². The van der Waals surface area contributed by atoms with Gasteiger partial charge >= 0.3 is 0 Å². The van der Waals surface area contributed by atoms with Crippen LogP contribution >= 0.6 is 11.3 Å². The van der Waals surface area contributed by atoms with Gasteiger partial charge in [-0.25, -0.2) is 4.98 Å². The molecule has 1 aromatic heterocycles.